The Morgan fingerprint density at radius 2 is 2.19 bits per heavy atom. The minimum Gasteiger partial charge on any atom is -0.478 e. The third-order valence-electron chi connectivity index (χ3n) is 5.77. The molecule has 2 aliphatic heterocycles. The zero-order valence-electron chi connectivity index (χ0n) is 18.0. The minimum atomic E-state index is -3.85. The summed E-state index contributed by atoms with van der Waals surface area (Å²) in [5.74, 6) is -0.592. The smallest absolute Gasteiger partial charge is 0.265 e. The third-order valence-corrected chi connectivity index (χ3v) is 7.78. The Hall–Kier alpha value is -2.98. The summed E-state index contributed by atoms with van der Waals surface area (Å²) in [4.78, 5) is 28.9. The molecule has 2 atom stereocenters. The molecule has 0 unspecified atom stereocenters. The van der Waals surface area contributed by atoms with Crippen LogP contribution in [0.2, 0.25) is 0 Å². The number of nitrogens with zero attached hydrogens (tertiary/aromatic N) is 2. The van der Waals surface area contributed by atoms with Gasteiger partial charge in [0.2, 0.25) is 15.9 Å². The van der Waals surface area contributed by atoms with Gasteiger partial charge in [0.15, 0.2) is 6.10 Å². The van der Waals surface area contributed by atoms with Gasteiger partial charge in [-0.05, 0) is 49.9 Å². The lowest BCUT2D eigenvalue weighted by molar-refractivity contribution is -0.123. The van der Waals surface area contributed by atoms with E-state index >= 15 is 0 Å². The second kappa shape index (κ2) is 8.87. The molecule has 170 valence electrons. The number of aromatic nitrogens is 1. The second-order valence-electron chi connectivity index (χ2n) is 8.05. The standard InChI is InChI=1S/C22H26N4O5S/c1-3-18-22(28)25-17-10-14(2)20(11-19(17)31-18)32(29,30)26-9-5-6-15(13-26)21(27)24-16-7-4-8-23-12-16/h4,7-8,10-12,15,18H,3,5-6,9,13H2,1-2H3,(H,24,27)(H,25,28)/t15-,18-/m1/s1. The summed E-state index contributed by atoms with van der Waals surface area (Å²) in [6, 6.07) is 6.55. The fraction of sp³-hybridized carbons (Fsp3) is 0.409. The number of anilines is 2. The van der Waals surface area contributed by atoms with Crippen LogP contribution in [0.15, 0.2) is 41.6 Å². The van der Waals surface area contributed by atoms with Crippen molar-refractivity contribution in [2.75, 3.05) is 23.7 Å². The SMILES string of the molecule is CC[C@H]1Oc2cc(S(=O)(=O)N3CCC[C@@H](C(=O)Nc4cccnc4)C3)c(C)cc2NC1=O. The number of hydrogen-bond acceptors (Lipinski definition) is 6. The molecule has 2 aliphatic rings. The van der Waals surface area contributed by atoms with Crippen LogP contribution in [-0.4, -0.2) is 48.7 Å². The van der Waals surface area contributed by atoms with Crippen molar-refractivity contribution >= 4 is 33.2 Å². The summed E-state index contributed by atoms with van der Waals surface area (Å²) in [7, 11) is -3.85. The lowest BCUT2D eigenvalue weighted by atomic mass is 9.99. The molecule has 0 aliphatic carbocycles. The lowest BCUT2D eigenvalue weighted by Crippen LogP contribution is -2.44. The molecule has 4 rings (SSSR count). The van der Waals surface area contributed by atoms with Crippen molar-refractivity contribution in [3.05, 3.63) is 42.2 Å². The molecule has 1 aromatic heterocycles. The molecule has 0 bridgehead atoms. The van der Waals surface area contributed by atoms with E-state index in [4.69, 9.17) is 4.74 Å². The molecule has 1 aromatic carbocycles. The van der Waals surface area contributed by atoms with Crippen molar-refractivity contribution in [3.8, 4) is 5.75 Å². The van der Waals surface area contributed by atoms with Gasteiger partial charge in [-0.2, -0.15) is 4.31 Å². The largest absolute Gasteiger partial charge is 0.478 e. The highest BCUT2D eigenvalue weighted by molar-refractivity contribution is 7.89. The van der Waals surface area contributed by atoms with Gasteiger partial charge in [-0.15, -0.1) is 0 Å². The number of rotatable bonds is 5. The zero-order chi connectivity index (χ0) is 22.9. The summed E-state index contributed by atoms with van der Waals surface area (Å²) >= 11 is 0. The van der Waals surface area contributed by atoms with Crippen molar-refractivity contribution in [2.45, 2.75) is 44.1 Å². The topological polar surface area (TPSA) is 118 Å². The van der Waals surface area contributed by atoms with Crippen LogP contribution in [0.5, 0.6) is 5.75 Å². The normalized spacial score (nSPS) is 21.2. The predicted octanol–water partition coefficient (Wildman–Crippen LogP) is 2.54. The Balaban J connectivity index is 1.55. The maximum absolute atomic E-state index is 13.5. The highest BCUT2D eigenvalue weighted by Gasteiger charge is 2.36. The average Bonchev–Trinajstić information content (AvgIpc) is 2.79. The predicted molar refractivity (Wildman–Crippen MR) is 119 cm³/mol. The maximum Gasteiger partial charge on any atom is 0.265 e. The van der Waals surface area contributed by atoms with Gasteiger partial charge in [0.1, 0.15) is 5.75 Å². The molecule has 0 radical (unpaired) electrons. The summed E-state index contributed by atoms with van der Waals surface area (Å²) < 4.78 is 34.0. The number of piperidine rings is 1. The quantitative estimate of drug-likeness (QED) is 0.711. The van der Waals surface area contributed by atoms with Crippen molar-refractivity contribution < 1.29 is 22.7 Å². The first kappa shape index (κ1) is 22.2. The Bertz CT molecular complexity index is 1140. The number of carbonyl (C=O) groups is 2. The van der Waals surface area contributed by atoms with Crippen LogP contribution in [-0.2, 0) is 19.6 Å². The molecule has 1 saturated heterocycles. The van der Waals surface area contributed by atoms with Gasteiger partial charge in [-0.3, -0.25) is 14.6 Å². The van der Waals surface area contributed by atoms with Gasteiger partial charge in [-0.1, -0.05) is 6.92 Å². The van der Waals surface area contributed by atoms with E-state index in [1.807, 2.05) is 6.92 Å². The van der Waals surface area contributed by atoms with Crippen LogP contribution in [0, 0.1) is 12.8 Å². The fourth-order valence-corrected chi connectivity index (χ4v) is 5.77. The van der Waals surface area contributed by atoms with Crippen LogP contribution in [0.3, 0.4) is 0 Å². The molecule has 0 saturated carbocycles. The van der Waals surface area contributed by atoms with Gasteiger partial charge in [-0.25, -0.2) is 8.42 Å². The lowest BCUT2D eigenvalue weighted by Gasteiger charge is -2.32. The van der Waals surface area contributed by atoms with E-state index in [9.17, 15) is 18.0 Å². The summed E-state index contributed by atoms with van der Waals surface area (Å²) in [5, 5.41) is 5.58. The van der Waals surface area contributed by atoms with E-state index in [0.29, 0.717) is 48.5 Å². The molecule has 0 spiro atoms. The number of benzene rings is 1. The summed E-state index contributed by atoms with van der Waals surface area (Å²) in [5.41, 5.74) is 1.54. The van der Waals surface area contributed by atoms with E-state index < -0.39 is 22.0 Å². The van der Waals surface area contributed by atoms with E-state index in [1.165, 1.54) is 10.4 Å². The monoisotopic (exact) mass is 458 g/mol. The van der Waals surface area contributed by atoms with Gasteiger partial charge >= 0.3 is 0 Å². The number of carbonyl (C=O) groups excluding carboxylic acids is 2. The van der Waals surface area contributed by atoms with E-state index in [2.05, 4.69) is 15.6 Å². The van der Waals surface area contributed by atoms with Crippen LogP contribution in [0.25, 0.3) is 0 Å². The Labute approximate surface area is 187 Å². The van der Waals surface area contributed by atoms with Crippen molar-refractivity contribution in [1.82, 2.24) is 9.29 Å². The Kier molecular flexibility index (Phi) is 6.16. The molecular formula is C22H26N4O5S. The molecule has 2 N–H and O–H groups in total. The molecule has 1 fully saturated rings. The number of hydrogen-bond donors (Lipinski definition) is 2. The first-order valence-corrected chi connectivity index (χ1v) is 12.1. The minimum absolute atomic E-state index is 0.0974. The highest BCUT2D eigenvalue weighted by atomic mass is 32.2. The number of fused-ring (bicyclic) bond motifs is 1. The number of nitrogens with one attached hydrogen (secondary N) is 2. The molecule has 9 nitrogen and oxygen atoms in total. The zero-order valence-corrected chi connectivity index (χ0v) is 18.8. The number of amides is 2. The molecule has 3 heterocycles. The van der Waals surface area contributed by atoms with Crippen molar-refractivity contribution in [1.29, 1.82) is 0 Å². The molecule has 2 aromatic rings. The van der Waals surface area contributed by atoms with Gasteiger partial charge in [0.25, 0.3) is 5.91 Å². The Morgan fingerprint density at radius 3 is 2.91 bits per heavy atom. The summed E-state index contributed by atoms with van der Waals surface area (Å²) in [6.07, 6.45) is 4.17. The highest BCUT2D eigenvalue weighted by Crippen LogP contribution is 2.36. The number of aryl methyl sites for hydroxylation is 1. The Morgan fingerprint density at radius 1 is 1.38 bits per heavy atom. The van der Waals surface area contributed by atoms with E-state index in [1.54, 1.807) is 37.5 Å². The maximum atomic E-state index is 13.5. The molecular weight excluding hydrogens is 432 g/mol. The van der Waals surface area contributed by atoms with Gasteiger partial charge < -0.3 is 15.4 Å². The average molecular weight is 459 g/mol. The van der Waals surface area contributed by atoms with Crippen molar-refractivity contribution in [3.63, 3.8) is 0 Å². The van der Waals surface area contributed by atoms with Crippen LogP contribution < -0.4 is 15.4 Å². The number of ether oxygens (including phenoxy) is 1. The van der Waals surface area contributed by atoms with Gasteiger partial charge in [0, 0.05) is 25.4 Å². The van der Waals surface area contributed by atoms with Crippen LogP contribution >= 0.6 is 0 Å². The van der Waals surface area contributed by atoms with Crippen LogP contribution in [0.4, 0.5) is 11.4 Å². The second-order valence-corrected chi connectivity index (χ2v) is 9.96. The van der Waals surface area contributed by atoms with E-state index in [-0.39, 0.29) is 23.3 Å². The summed E-state index contributed by atoms with van der Waals surface area (Å²) in [6.45, 7) is 3.94. The third kappa shape index (κ3) is 4.33. The molecule has 32 heavy (non-hydrogen) atoms. The first-order valence-electron chi connectivity index (χ1n) is 10.6. The van der Waals surface area contributed by atoms with Crippen molar-refractivity contribution in [2.24, 2.45) is 5.92 Å². The molecule has 10 heteroatoms. The fourth-order valence-electron chi connectivity index (χ4n) is 4.03. The van der Waals surface area contributed by atoms with Gasteiger partial charge in [0.05, 0.1) is 28.4 Å². The van der Waals surface area contributed by atoms with Crippen LogP contribution in [0.1, 0.15) is 31.7 Å². The number of pyridine rings is 1. The van der Waals surface area contributed by atoms with E-state index in [0.717, 1.165) is 0 Å². The molecule has 2 amide bonds. The first-order chi connectivity index (χ1) is 15.3. The number of sulfonamides is 1.